The Morgan fingerprint density at radius 3 is 2.71 bits per heavy atom. The van der Waals surface area contributed by atoms with Crippen molar-refractivity contribution < 1.29 is 9.59 Å². The maximum atomic E-state index is 12.6. The number of nitrogens with zero attached hydrogens (tertiary/aromatic N) is 5. The Kier molecular flexibility index (Phi) is 4.26. The summed E-state index contributed by atoms with van der Waals surface area (Å²) < 4.78 is 1.39. The number of carbonyl (C=O) groups excluding carboxylic acids is 2. The molecule has 118 valence electrons. The third-order valence-corrected chi connectivity index (χ3v) is 4.40. The first kappa shape index (κ1) is 15.7. The van der Waals surface area contributed by atoms with E-state index < -0.39 is 17.5 Å². The second kappa shape index (κ2) is 6.52. The minimum atomic E-state index is -1.37. The van der Waals surface area contributed by atoms with E-state index in [4.69, 9.17) is 0 Å². The highest BCUT2D eigenvalue weighted by atomic mass is 32.1. The molecule has 0 aliphatic carbocycles. The van der Waals surface area contributed by atoms with Crippen molar-refractivity contribution in [1.29, 1.82) is 5.26 Å². The van der Waals surface area contributed by atoms with Gasteiger partial charge in [-0.2, -0.15) is 5.26 Å². The van der Waals surface area contributed by atoms with E-state index >= 15 is 0 Å². The van der Waals surface area contributed by atoms with Crippen LogP contribution in [0.15, 0.2) is 42.7 Å². The lowest BCUT2D eigenvalue weighted by Gasteiger charge is -2.07. The Hall–Kier alpha value is -3.18. The van der Waals surface area contributed by atoms with Crippen LogP contribution in [0.3, 0.4) is 0 Å². The Bertz CT molecular complexity index is 940. The number of carbonyl (C=O) groups is 2. The molecule has 2 aromatic heterocycles. The monoisotopic (exact) mass is 337 g/mol. The van der Waals surface area contributed by atoms with Gasteiger partial charge in [0.25, 0.3) is 0 Å². The molecule has 7 nitrogen and oxygen atoms in total. The molecule has 0 saturated carbocycles. The second-order valence-corrected chi connectivity index (χ2v) is 6.29. The van der Waals surface area contributed by atoms with Crippen molar-refractivity contribution in [2.75, 3.05) is 0 Å². The lowest BCUT2D eigenvalue weighted by molar-refractivity contribution is 0.0848. The lowest BCUT2D eigenvalue weighted by atomic mass is 9.94. The highest BCUT2D eigenvalue weighted by Gasteiger charge is 2.29. The Morgan fingerprint density at radius 2 is 2.08 bits per heavy atom. The quantitative estimate of drug-likeness (QED) is 0.522. The molecule has 0 aliphatic heterocycles. The molecule has 3 aromatic rings. The fraction of sp³-hybridized carbons (Fsp3) is 0.125. The average molecular weight is 337 g/mol. The van der Waals surface area contributed by atoms with E-state index in [1.54, 1.807) is 36.4 Å². The Balaban J connectivity index is 1.91. The van der Waals surface area contributed by atoms with Crippen LogP contribution < -0.4 is 0 Å². The van der Waals surface area contributed by atoms with Crippen molar-refractivity contribution in [2.45, 2.75) is 6.92 Å². The molecule has 0 aliphatic rings. The first-order valence-electron chi connectivity index (χ1n) is 6.98. The summed E-state index contributed by atoms with van der Waals surface area (Å²) in [7, 11) is 0. The first-order chi connectivity index (χ1) is 11.6. The van der Waals surface area contributed by atoms with Gasteiger partial charge in [-0.3, -0.25) is 9.59 Å². The van der Waals surface area contributed by atoms with Gasteiger partial charge in [-0.05, 0) is 41.6 Å². The molecule has 8 heteroatoms. The maximum absolute atomic E-state index is 12.6. The molecule has 1 atom stereocenters. The average Bonchev–Trinajstić information content (AvgIpc) is 3.27. The Morgan fingerprint density at radius 1 is 1.25 bits per heavy atom. The van der Waals surface area contributed by atoms with E-state index in [0.717, 1.165) is 4.88 Å². The van der Waals surface area contributed by atoms with Crippen LogP contribution in [-0.2, 0) is 0 Å². The minimum absolute atomic E-state index is 0.260. The predicted octanol–water partition coefficient (Wildman–Crippen LogP) is 2.24. The third kappa shape index (κ3) is 2.98. The van der Waals surface area contributed by atoms with Gasteiger partial charge in [0.1, 0.15) is 6.33 Å². The van der Waals surface area contributed by atoms with Crippen LogP contribution in [0.25, 0.3) is 5.69 Å². The van der Waals surface area contributed by atoms with E-state index in [0.29, 0.717) is 10.6 Å². The number of aryl methyl sites for hydroxylation is 1. The van der Waals surface area contributed by atoms with Crippen molar-refractivity contribution in [1.82, 2.24) is 20.2 Å². The molecule has 0 saturated heterocycles. The molecule has 24 heavy (non-hydrogen) atoms. The number of benzene rings is 1. The summed E-state index contributed by atoms with van der Waals surface area (Å²) in [5, 5.41) is 20.2. The van der Waals surface area contributed by atoms with Gasteiger partial charge in [-0.25, -0.2) is 4.68 Å². The summed E-state index contributed by atoms with van der Waals surface area (Å²) in [6.45, 7) is 1.86. The lowest BCUT2D eigenvalue weighted by Crippen LogP contribution is -2.22. The predicted molar refractivity (Wildman–Crippen MR) is 86.0 cm³/mol. The highest BCUT2D eigenvalue weighted by Crippen LogP contribution is 2.22. The van der Waals surface area contributed by atoms with Gasteiger partial charge in [-0.1, -0.05) is 12.1 Å². The fourth-order valence-corrected chi connectivity index (χ4v) is 3.03. The van der Waals surface area contributed by atoms with E-state index in [1.165, 1.54) is 22.3 Å². The van der Waals surface area contributed by atoms with E-state index in [2.05, 4.69) is 15.5 Å². The molecule has 2 heterocycles. The van der Waals surface area contributed by atoms with Crippen LogP contribution in [0, 0.1) is 24.2 Å². The highest BCUT2D eigenvalue weighted by molar-refractivity contribution is 7.14. The van der Waals surface area contributed by atoms with Gasteiger partial charge in [0.15, 0.2) is 17.5 Å². The molecule has 0 spiro atoms. The number of aromatic nitrogens is 4. The fourth-order valence-electron chi connectivity index (χ4n) is 2.19. The minimum Gasteiger partial charge on any atom is -0.292 e. The summed E-state index contributed by atoms with van der Waals surface area (Å²) >= 11 is 1.27. The van der Waals surface area contributed by atoms with Crippen molar-refractivity contribution in [3.05, 3.63) is 58.0 Å². The van der Waals surface area contributed by atoms with Crippen molar-refractivity contribution in [2.24, 2.45) is 5.92 Å². The molecule has 0 fully saturated rings. The van der Waals surface area contributed by atoms with E-state index in [1.807, 2.05) is 13.0 Å². The number of tetrazole rings is 1. The van der Waals surface area contributed by atoms with Gasteiger partial charge in [0.05, 0.1) is 16.6 Å². The van der Waals surface area contributed by atoms with Crippen LogP contribution in [0.2, 0.25) is 0 Å². The third-order valence-electron chi connectivity index (χ3n) is 3.38. The molecular weight excluding hydrogens is 326 g/mol. The number of hydrogen-bond donors (Lipinski definition) is 0. The SMILES string of the molecule is Cc1ccc(C(=O)[C@@H](C#N)C(=O)c2cccc(-n3cnnn3)c2)s1. The van der Waals surface area contributed by atoms with Crippen molar-refractivity contribution in [3.63, 3.8) is 0 Å². The maximum Gasteiger partial charge on any atom is 0.197 e. The summed E-state index contributed by atoms with van der Waals surface area (Å²) in [4.78, 5) is 26.4. The smallest absolute Gasteiger partial charge is 0.197 e. The molecule has 1 aromatic carbocycles. The van der Waals surface area contributed by atoms with Crippen LogP contribution in [0.5, 0.6) is 0 Å². The standard InChI is InChI=1S/C16H11N5O2S/c1-10-5-6-14(24-10)16(23)13(8-17)15(22)11-3-2-4-12(7-11)21-9-18-19-20-21/h2-7,9,13H,1H3/t13-/m0/s1. The van der Waals surface area contributed by atoms with Crippen LogP contribution >= 0.6 is 11.3 Å². The molecule has 0 bridgehead atoms. The largest absolute Gasteiger partial charge is 0.292 e. The first-order valence-corrected chi connectivity index (χ1v) is 7.79. The molecule has 0 radical (unpaired) electrons. The molecular formula is C16H11N5O2S. The Labute approximate surface area is 141 Å². The van der Waals surface area contributed by atoms with Crippen LogP contribution in [-0.4, -0.2) is 31.8 Å². The molecule has 3 rings (SSSR count). The summed E-state index contributed by atoms with van der Waals surface area (Å²) in [6.07, 6.45) is 1.39. The van der Waals surface area contributed by atoms with Gasteiger partial charge in [0.2, 0.25) is 0 Å². The summed E-state index contributed by atoms with van der Waals surface area (Å²) in [5.41, 5.74) is 0.832. The van der Waals surface area contributed by atoms with Gasteiger partial charge in [-0.15, -0.1) is 16.4 Å². The number of nitriles is 1. The van der Waals surface area contributed by atoms with Gasteiger partial charge >= 0.3 is 0 Å². The number of ketones is 2. The van der Waals surface area contributed by atoms with Crippen LogP contribution in [0.4, 0.5) is 0 Å². The number of thiophene rings is 1. The van der Waals surface area contributed by atoms with Gasteiger partial charge in [0, 0.05) is 10.4 Å². The number of hydrogen-bond acceptors (Lipinski definition) is 7. The molecule has 0 N–H and O–H groups in total. The molecule has 0 amide bonds. The van der Waals surface area contributed by atoms with E-state index in [-0.39, 0.29) is 5.56 Å². The van der Waals surface area contributed by atoms with Gasteiger partial charge < -0.3 is 0 Å². The zero-order valence-corrected chi connectivity index (χ0v) is 13.4. The summed E-state index contributed by atoms with van der Waals surface area (Å²) in [6, 6.07) is 11.7. The summed E-state index contributed by atoms with van der Waals surface area (Å²) in [5.74, 6) is -2.39. The van der Waals surface area contributed by atoms with Crippen LogP contribution in [0.1, 0.15) is 24.9 Å². The zero-order valence-electron chi connectivity index (χ0n) is 12.6. The normalized spacial score (nSPS) is 11.7. The number of rotatable bonds is 5. The van der Waals surface area contributed by atoms with Crippen molar-refractivity contribution >= 4 is 22.9 Å². The second-order valence-electron chi connectivity index (χ2n) is 5.01. The zero-order chi connectivity index (χ0) is 17.1. The topological polar surface area (TPSA) is 102 Å². The van der Waals surface area contributed by atoms with Crippen molar-refractivity contribution in [3.8, 4) is 11.8 Å². The number of Topliss-reactive ketones (excluding diaryl/α,β-unsaturated/α-hetero) is 2. The van der Waals surface area contributed by atoms with E-state index in [9.17, 15) is 14.9 Å². The molecule has 0 unspecified atom stereocenters.